The molecule has 1 heterocycles. The molecule has 3 aromatic rings. The Morgan fingerprint density at radius 3 is 2.64 bits per heavy atom. The zero-order chi connectivity index (χ0) is 17.8. The predicted molar refractivity (Wildman–Crippen MR) is 94.8 cm³/mol. The lowest BCUT2D eigenvalue weighted by Crippen LogP contribution is -1.94. The highest BCUT2D eigenvalue weighted by Crippen LogP contribution is 2.25. The summed E-state index contributed by atoms with van der Waals surface area (Å²) in [4.78, 5) is 12.1. The number of hydrogen-bond donors (Lipinski definition) is 2. The minimum Gasteiger partial charge on any atom is -0.497 e. The SMILES string of the molecule is COc1ccc(-c2cc(C=CC(=O)c3ccc(N)cc3)[nH]n2)c(F)c1. The van der Waals surface area contributed by atoms with Gasteiger partial charge in [-0.25, -0.2) is 4.39 Å². The van der Waals surface area contributed by atoms with Gasteiger partial charge >= 0.3 is 0 Å². The predicted octanol–water partition coefficient (Wildman–Crippen LogP) is 3.70. The third-order valence-electron chi connectivity index (χ3n) is 3.66. The lowest BCUT2D eigenvalue weighted by Gasteiger charge is -2.02. The van der Waals surface area contributed by atoms with Gasteiger partial charge < -0.3 is 10.5 Å². The van der Waals surface area contributed by atoms with E-state index in [0.717, 1.165) is 0 Å². The van der Waals surface area contributed by atoms with Crippen LogP contribution in [0.3, 0.4) is 0 Å². The Balaban J connectivity index is 1.77. The number of benzene rings is 2. The monoisotopic (exact) mass is 337 g/mol. The second-order valence-electron chi connectivity index (χ2n) is 5.37. The number of carbonyl (C=O) groups is 1. The zero-order valence-electron chi connectivity index (χ0n) is 13.5. The molecule has 0 radical (unpaired) electrons. The van der Waals surface area contributed by atoms with Crippen molar-refractivity contribution in [1.29, 1.82) is 0 Å². The van der Waals surface area contributed by atoms with Gasteiger partial charge in [0.15, 0.2) is 5.78 Å². The number of rotatable bonds is 5. The molecule has 25 heavy (non-hydrogen) atoms. The molecule has 1 aromatic heterocycles. The summed E-state index contributed by atoms with van der Waals surface area (Å²) in [6.45, 7) is 0. The van der Waals surface area contributed by atoms with Gasteiger partial charge in [-0.3, -0.25) is 9.89 Å². The molecule has 0 atom stereocenters. The number of aromatic amines is 1. The number of nitrogen functional groups attached to an aromatic ring is 1. The van der Waals surface area contributed by atoms with Crippen molar-refractivity contribution in [3.8, 4) is 17.0 Å². The second-order valence-corrected chi connectivity index (χ2v) is 5.37. The molecule has 0 aliphatic rings. The number of carbonyl (C=O) groups excluding carboxylic acids is 1. The Morgan fingerprint density at radius 1 is 1.20 bits per heavy atom. The third kappa shape index (κ3) is 3.74. The number of halogens is 1. The topological polar surface area (TPSA) is 81.0 Å². The van der Waals surface area contributed by atoms with Gasteiger partial charge in [-0.05, 0) is 54.6 Å². The lowest BCUT2D eigenvalue weighted by molar-refractivity contribution is 0.104. The number of H-pyrrole nitrogens is 1. The van der Waals surface area contributed by atoms with Crippen LogP contribution in [0.2, 0.25) is 0 Å². The van der Waals surface area contributed by atoms with Crippen LogP contribution < -0.4 is 10.5 Å². The Bertz CT molecular complexity index is 930. The van der Waals surface area contributed by atoms with Crippen molar-refractivity contribution >= 4 is 17.5 Å². The van der Waals surface area contributed by atoms with Gasteiger partial charge in [-0.1, -0.05) is 0 Å². The minimum absolute atomic E-state index is 0.160. The number of aromatic nitrogens is 2. The lowest BCUT2D eigenvalue weighted by atomic mass is 10.1. The maximum Gasteiger partial charge on any atom is 0.185 e. The van der Waals surface area contributed by atoms with Crippen molar-refractivity contribution in [2.75, 3.05) is 12.8 Å². The van der Waals surface area contributed by atoms with E-state index in [1.165, 1.54) is 19.3 Å². The average Bonchev–Trinajstić information content (AvgIpc) is 3.08. The summed E-state index contributed by atoms with van der Waals surface area (Å²) in [6.07, 6.45) is 3.02. The molecule has 0 unspecified atom stereocenters. The molecule has 0 amide bonds. The maximum atomic E-state index is 14.1. The van der Waals surface area contributed by atoms with Crippen LogP contribution in [-0.4, -0.2) is 23.1 Å². The molecule has 0 bridgehead atoms. The van der Waals surface area contributed by atoms with Gasteiger partial charge in [-0.15, -0.1) is 0 Å². The number of nitrogens with one attached hydrogen (secondary N) is 1. The van der Waals surface area contributed by atoms with E-state index < -0.39 is 5.82 Å². The highest BCUT2D eigenvalue weighted by molar-refractivity contribution is 6.06. The molecular weight excluding hydrogens is 321 g/mol. The smallest absolute Gasteiger partial charge is 0.185 e. The fraction of sp³-hybridized carbons (Fsp3) is 0.0526. The first kappa shape index (κ1) is 16.4. The van der Waals surface area contributed by atoms with Gasteiger partial charge in [0, 0.05) is 22.9 Å². The van der Waals surface area contributed by atoms with Crippen molar-refractivity contribution in [3.63, 3.8) is 0 Å². The van der Waals surface area contributed by atoms with E-state index in [-0.39, 0.29) is 5.78 Å². The van der Waals surface area contributed by atoms with Crippen LogP contribution in [-0.2, 0) is 0 Å². The fourth-order valence-corrected chi connectivity index (χ4v) is 2.30. The van der Waals surface area contributed by atoms with E-state index in [1.807, 2.05) is 0 Å². The fourth-order valence-electron chi connectivity index (χ4n) is 2.30. The molecule has 0 saturated carbocycles. The summed E-state index contributed by atoms with van der Waals surface area (Å²) in [7, 11) is 1.48. The van der Waals surface area contributed by atoms with Gasteiger partial charge in [0.1, 0.15) is 11.6 Å². The van der Waals surface area contributed by atoms with Crippen molar-refractivity contribution in [3.05, 3.63) is 71.7 Å². The summed E-state index contributed by atoms with van der Waals surface area (Å²) < 4.78 is 19.1. The number of nitrogens with zero attached hydrogens (tertiary/aromatic N) is 1. The molecule has 0 spiro atoms. The Hall–Kier alpha value is -3.41. The molecule has 6 heteroatoms. The highest BCUT2D eigenvalue weighted by atomic mass is 19.1. The van der Waals surface area contributed by atoms with Crippen LogP contribution in [0.25, 0.3) is 17.3 Å². The van der Waals surface area contributed by atoms with E-state index in [4.69, 9.17) is 10.5 Å². The number of ether oxygens (including phenoxy) is 1. The van der Waals surface area contributed by atoms with Gasteiger partial charge in [0.25, 0.3) is 0 Å². The van der Waals surface area contributed by atoms with E-state index in [2.05, 4.69) is 10.2 Å². The molecule has 3 N–H and O–H groups in total. The van der Waals surface area contributed by atoms with Crippen molar-refractivity contribution in [2.24, 2.45) is 0 Å². The van der Waals surface area contributed by atoms with Crippen LogP contribution in [0.15, 0.2) is 54.6 Å². The first-order chi connectivity index (χ1) is 12.1. The van der Waals surface area contributed by atoms with Gasteiger partial charge in [0.2, 0.25) is 0 Å². The van der Waals surface area contributed by atoms with Gasteiger partial charge in [0.05, 0.1) is 18.5 Å². The van der Waals surface area contributed by atoms with Crippen LogP contribution >= 0.6 is 0 Å². The quantitative estimate of drug-likeness (QED) is 0.422. The maximum absolute atomic E-state index is 14.1. The van der Waals surface area contributed by atoms with E-state index in [9.17, 15) is 9.18 Å². The van der Waals surface area contributed by atoms with E-state index >= 15 is 0 Å². The summed E-state index contributed by atoms with van der Waals surface area (Å²) in [6, 6.07) is 12.9. The van der Waals surface area contributed by atoms with E-state index in [0.29, 0.717) is 34.0 Å². The van der Waals surface area contributed by atoms with Crippen LogP contribution in [0.1, 0.15) is 16.1 Å². The van der Waals surface area contributed by atoms with Gasteiger partial charge in [-0.2, -0.15) is 5.10 Å². The molecule has 0 aliphatic heterocycles. The number of nitrogens with two attached hydrogens (primary N) is 1. The summed E-state index contributed by atoms with van der Waals surface area (Å²) in [5.74, 6) is -0.155. The summed E-state index contributed by atoms with van der Waals surface area (Å²) in [5.41, 5.74) is 8.11. The zero-order valence-corrected chi connectivity index (χ0v) is 13.5. The van der Waals surface area contributed by atoms with Crippen molar-refractivity contribution in [1.82, 2.24) is 10.2 Å². The standard InChI is InChI=1S/C19H16FN3O2/c1-25-15-7-8-16(17(20)11-15)18-10-14(22-23-18)6-9-19(24)12-2-4-13(21)5-3-12/h2-11H,21H2,1H3,(H,22,23). The molecular formula is C19H16FN3O2. The number of hydrogen-bond acceptors (Lipinski definition) is 4. The molecule has 0 fully saturated rings. The molecule has 5 nitrogen and oxygen atoms in total. The Kier molecular flexibility index (Phi) is 4.61. The van der Waals surface area contributed by atoms with Crippen molar-refractivity contribution in [2.45, 2.75) is 0 Å². The van der Waals surface area contributed by atoms with Crippen LogP contribution in [0.5, 0.6) is 5.75 Å². The van der Waals surface area contributed by atoms with Crippen molar-refractivity contribution < 1.29 is 13.9 Å². The average molecular weight is 337 g/mol. The molecule has 126 valence electrons. The molecule has 0 aliphatic carbocycles. The minimum atomic E-state index is -0.431. The highest BCUT2D eigenvalue weighted by Gasteiger charge is 2.10. The summed E-state index contributed by atoms with van der Waals surface area (Å²) in [5, 5.41) is 6.85. The normalized spacial score (nSPS) is 11.0. The van der Waals surface area contributed by atoms with Crippen LogP contribution in [0.4, 0.5) is 10.1 Å². The number of methoxy groups -OCH3 is 1. The second kappa shape index (κ2) is 7.00. The third-order valence-corrected chi connectivity index (χ3v) is 3.66. The Labute approximate surface area is 143 Å². The van der Waals surface area contributed by atoms with Crippen LogP contribution in [0, 0.1) is 5.82 Å². The van der Waals surface area contributed by atoms with E-state index in [1.54, 1.807) is 48.5 Å². The summed E-state index contributed by atoms with van der Waals surface area (Å²) >= 11 is 0. The largest absolute Gasteiger partial charge is 0.497 e. The first-order valence-electron chi connectivity index (χ1n) is 7.54. The number of ketones is 1. The molecule has 2 aromatic carbocycles. The Morgan fingerprint density at radius 2 is 1.96 bits per heavy atom. The number of anilines is 1. The molecule has 0 saturated heterocycles. The first-order valence-corrected chi connectivity index (χ1v) is 7.54. The molecule has 3 rings (SSSR count). The number of allylic oxidation sites excluding steroid dienone is 1.